The second-order valence-electron chi connectivity index (χ2n) is 6.59. The molecule has 1 saturated heterocycles. The molecule has 8 heteroatoms. The van der Waals surface area contributed by atoms with E-state index in [0.717, 1.165) is 47.7 Å². The van der Waals surface area contributed by atoms with Gasteiger partial charge in [-0.3, -0.25) is 14.9 Å². The first kappa shape index (κ1) is 17.8. The van der Waals surface area contributed by atoms with Crippen LogP contribution in [0.1, 0.15) is 36.0 Å². The fraction of sp³-hybridized carbons (Fsp3) is 0.368. The fourth-order valence-electron chi connectivity index (χ4n) is 3.39. The molecular formula is C19H21N5O2S. The Morgan fingerprint density at radius 3 is 2.93 bits per heavy atom. The quantitative estimate of drug-likeness (QED) is 0.678. The van der Waals surface area contributed by atoms with Crippen molar-refractivity contribution in [2.45, 2.75) is 38.0 Å². The van der Waals surface area contributed by atoms with E-state index in [4.69, 9.17) is 4.42 Å². The standard InChI is InChI=1S/C19H21N5O2S/c1-12-13(2)26-19(22-12)27-11-17(25)24-9-3-4-16(24)18-15(10-21-23-18)14-5-7-20-8-6-14/h5-8,10,16H,3-4,9,11H2,1-2H3,(H,21,23)/t16-/m0/s1. The van der Waals surface area contributed by atoms with Crippen molar-refractivity contribution in [2.24, 2.45) is 0 Å². The minimum Gasteiger partial charge on any atom is -0.437 e. The van der Waals surface area contributed by atoms with Gasteiger partial charge < -0.3 is 9.32 Å². The molecule has 4 heterocycles. The number of likely N-dealkylation sites (tertiary alicyclic amines) is 1. The lowest BCUT2D eigenvalue weighted by Crippen LogP contribution is -2.32. The molecule has 0 unspecified atom stereocenters. The van der Waals surface area contributed by atoms with Crippen LogP contribution in [0.15, 0.2) is 40.4 Å². The predicted molar refractivity (Wildman–Crippen MR) is 102 cm³/mol. The number of amides is 1. The number of carbonyl (C=O) groups excluding carboxylic acids is 1. The minimum atomic E-state index is 0.0109. The van der Waals surface area contributed by atoms with Crippen LogP contribution < -0.4 is 0 Å². The van der Waals surface area contributed by atoms with Gasteiger partial charge in [-0.25, -0.2) is 4.98 Å². The van der Waals surface area contributed by atoms with Gasteiger partial charge in [-0.05, 0) is 44.4 Å². The number of rotatable bonds is 5. The van der Waals surface area contributed by atoms with Gasteiger partial charge in [0.25, 0.3) is 5.22 Å². The summed E-state index contributed by atoms with van der Waals surface area (Å²) in [5, 5.41) is 7.89. The predicted octanol–water partition coefficient (Wildman–Crippen LogP) is 3.53. The van der Waals surface area contributed by atoms with E-state index >= 15 is 0 Å². The Morgan fingerprint density at radius 2 is 2.19 bits per heavy atom. The maximum absolute atomic E-state index is 12.9. The number of nitrogens with zero attached hydrogens (tertiary/aromatic N) is 4. The number of hydrogen-bond acceptors (Lipinski definition) is 6. The van der Waals surface area contributed by atoms with E-state index in [9.17, 15) is 4.79 Å². The second kappa shape index (κ2) is 7.56. The number of hydrogen-bond donors (Lipinski definition) is 1. The van der Waals surface area contributed by atoms with Gasteiger partial charge in [-0.1, -0.05) is 11.8 Å². The summed E-state index contributed by atoms with van der Waals surface area (Å²) in [6.07, 6.45) is 7.25. The molecule has 0 spiro atoms. The Kier molecular flexibility index (Phi) is 4.98. The van der Waals surface area contributed by atoms with E-state index in [1.165, 1.54) is 11.8 Å². The maximum Gasteiger partial charge on any atom is 0.256 e. The second-order valence-corrected chi connectivity index (χ2v) is 7.52. The van der Waals surface area contributed by atoms with Gasteiger partial charge in [0.2, 0.25) is 5.91 Å². The molecule has 0 bridgehead atoms. The Balaban J connectivity index is 1.49. The number of pyridine rings is 1. The highest BCUT2D eigenvalue weighted by Gasteiger charge is 2.32. The maximum atomic E-state index is 12.9. The third-order valence-corrected chi connectivity index (χ3v) is 5.71. The van der Waals surface area contributed by atoms with Crippen LogP contribution >= 0.6 is 11.8 Å². The molecule has 1 N–H and O–H groups in total. The zero-order chi connectivity index (χ0) is 18.8. The number of thioether (sulfide) groups is 1. The first-order chi connectivity index (χ1) is 13.1. The molecule has 0 radical (unpaired) electrons. The first-order valence-electron chi connectivity index (χ1n) is 8.93. The van der Waals surface area contributed by atoms with Crippen molar-refractivity contribution in [3.8, 4) is 11.1 Å². The van der Waals surface area contributed by atoms with Crippen LogP contribution in [0.25, 0.3) is 11.1 Å². The third kappa shape index (κ3) is 3.62. The van der Waals surface area contributed by atoms with Gasteiger partial charge >= 0.3 is 0 Å². The molecule has 7 nitrogen and oxygen atoms in total. The molecule has 140 valence electrons. The van der Waals surface area contributed by atoms with Crippen molar-refractivity contribution in [2.75, 3.05) is 12.3 Å². The highest BCUT2D eigenvalue weighted by Crippen LogP contribution is 2.36. The molecule has 1 atom stereocenters. The molecule has 3 aromatic heterocycles. The summed E-state index contributed by atoms with van der Waals surface area (Å²) in [4.78, 5) is 23.2. The average Bonchev–Trinajstić information content (AvgIpc) is 3.40. The summed E-state index contributed by atoms with van der Waals surface area (Å²) in [5.74, 6) is 1.20. The van der Waals surface area contributed by atoms with E-state index in [-0.39, 0.29) is 11.9 Å². The third-order valence-electron chi connectivity index (χ3n) is 4.89. The molecule has 1 amide bonds. The van der Waals surface area contributed by atoms with Crippen molar-refractivity contribution in [3.63, 3.8) is 0 Å². The van der Waals surface area contributed by atoms with Crippen molar-refractivity contribution < 1.29 is 9.21 Å². The minimum absolute atomic E-state index is 0.0109. The van der Waals surface area contributed by atoms with Crippen LogP contribution in [0.4, 0.5) is 0 Å². The van der Waals surface area contributed by atoms with Crippen LogP contribution in [-0.2, 0) is 4.79 Å². The molecule has 1 fully saturated rings. The molecule has 0 aliphatic carbocycles. The van der Waals surface area contributed by atoms with E-state index in [2.05, 4.69) is 20.2 Å². The smallest absolute Gasteiger partial charge is 0.256 e. The summed E-state index contributed by atoms with van der Waals surface area (Å²) >= 11 is 1.35. The molecule has 0 aromatic carbocycles. The number of oxazole rings is 1. The van der Waals surface area contributed by atoms with Crippen LogP contribution in [0.5, 0.6) is 0 Å². The van der Waals surface area contributed by atoms with Crippen molar-refractivity contribution in [1.82, 2.24) is 25.1 Å². The van der Waals surface area contributed by atoms with Crippen LogP contribution in [0, 0.1) is 13.8 Å². The van der Waals surface area contributed by atoms with Crippen LogP contribution in [-0.4, -0.2) is 43.3 Å². The van der Waals surface area contributed by atoms with Gasteiger partial charge in [0.05, 0.1) is 29.4 Å². The molecule has 1 aliphatic rings. The topological polar surface area (TPSA) is 87.9 Å². The number of H-pyrrole nitrogens is 1. The average molecular weight is 383 g/mol. The highest BCUT2D eigenvalue weighted by molar-refractivity contribution is 7.99. The van der Waals surface area contributed by atoms with Gasteiger partial charge in [0, 0.05) is 24.5 Å². The summed E-state index contributed by atoms with van der Waals surface area (Å²) in [6.45, 7) is 4.53. The summed E-state index contributed by atoms with van der Waals surface area (Å²) < 4.78 is 5.56. The van der Waals surface area contributed by atoms with Crippen molar-refractivity contribution in [3.05, 3.63) is 47.9 Å². The SMILES string of the molecule is Cc1nc(SCC(=O)N2CCC[C@H]2c2[nH]ncc2-c2ccncc2)oc1C. The Morgan fingerprint density at radius 1 is 1.37 bits per heavy atom. The lowest BCUT2D eigenvalue weighted by Gasteiger charge is -2.24. The molecular weight excluding hydrogens is 362 g/mol. The van der Waals surface area contributed by atoms with Gasteiger partial charge in [0.1, 0.15) is 5.76 Å². The lowest BCUT2D eigenvalue weighted by atomic mass is 10.0. The summed E-state index contributed by atoms with van der Waals surface area (Å²) in [5.41, 5.74) is 3.92. The van der Waals surface area contributed by atoms with Crippen molar-refractivity contribution in [1.29, 1.82) is 0 Å². The molecule has 4 rings (SSSR count). The summed E-state index contributed by atoms with van der Waals surface area (Å²) in [6, 6.07) is 3.92. The Bertz CT molecular complexity index is 917. The first-order valence-corrected chi connectivity index (χ1v) is 9.92. The Labute approximate surface area is 161 Å². The number of nitrogens with one attached hydrogen (secondary N) is 1. The Hall–Kier alpha value is -2.61. The van der Waals surface area contributed by atoms with E-state index in [0.29, 0.717) is 11.0 Å². The number of aromatic amines is 1. The molecule has 0 saturated carbocycles. The number of carbonyl (C=O) groups is 1. The lowest BCUT2D eigenvalue weighted by molar-refractivity contribution is -0.129. The van der Waals surface area contributed by atoms with E-state index in [1.807, 2.05) is 37.1 Å². The van der Waals surface area contributed by atoms with Crippen molar-refractivity contribution >= 4 is 17.7 Å². The molecule has 27 heavy (non-hydrogen) atoms. The molecule has 1 aliphatic heterocycles. The van der Waals surface area contributed by atoms with E-state index < -0.39 is 0 Å². The zero-order valence-corrected chi connectivity index (χ0v) is 16.1. The number of aryl methyl sites for hydroxylation is 2. The normalized spacial score (nSPS) is 16.8. The fourth-order valence-corrected chi connectivity index (χ4v) is 4.19. The largest absolute Gasteiger partial charge is 0.437 e. The summed E-state index contributed by atoms with van der Waals surface area (Å²) in [7, 11) is 0. The highest BCUT2D eigenvalue weighted by atomic mass is 32.2. The van der Waals surface area contributed by atoms with Gasteiger partial charge in [-0.2, -0.15) is 5.10 Å². The van der Waals surface area contributed by atoms with Gasteiger partial charge in [0.15, 0.2) is 0 Å². The van der Waals surface area contributed by atoms with E-state index in [1.54, 1.807) is 12.4 Å². The molecule has 3 aromatic rings. The van der Waals surface area contributed by atoms with Crippen LogP contribution in [0.2, 0.25) is 0 Å². The van der Waals surface area contributed by atoms with Gasteiger partial charge in [-0.15, -0.1) is 0 Å². The zero-order valence-electron chi connectivity index (χ0n) is 15.3. The number of aromatic nitrogens is 4. The monoisotopic (exact) mass is 383 g/mol. The van der Waals surface area contributed by atoms with Crippen LogP contribution in [0.3, 0.4) is 0 Å².